The van der Waals surface area contributed by atoms with Crippen molar-refractivity contribution in [2.24, 2.45) is 0 Å². The molecule has 3 rings (SSSR count). The zero-order chi connectivity index (χ0) is 15.5. The largest absolute Gasteiger partial charge is 0.324 e. The quantitative estimate of drug-likeness (QED) is 0.533. The fraction of sp³-hybridized carbons (Fsp3) is 0.0714. The monoisotopic (exact) mass is 369 g/mol. The Hall–Kier alpha value is -1.34. The summed E-state index contributed by atoms with van der Waals surface area (Å²) in [6.07, 6.45) is 1.50. The highest BCUT2D eigenvalue weighted by atomic mass is 35.5. The van der Waals surface area contributed by atoms with E-state index in [1.807, 2.05) is 11.4 Å². The van der Waals surface area contributed by atoms with Crippen LogP contribution in [-0.4, -0.2) is 21.6 Å². The molecule has 2 aromatic heterocycles. The van der Waals surface area contributed by atoms with Gasteiger partial charge in [-0.25, -0.2) is 9.97 Å². The highest BCUT2D eigenvalue weighted by molar-refractivity contribution is 8.00. The van der Waals surface area contributed by atoms with Gasteiger partial charge in [-0.15, -0.1) is 11.3 Å². The summed E-state index contributed by atoms with van der Waals surface area (Å²) in [5.74, 6) is 0.0600. The van der Waals surface area contributed by atoms with Crippen molar-refractivity contribution >= 4 is 68.1 Å². The van der Waals surface area contributed by atoms with Gasteiger partial charge in [0.1, 0.15) is 11.4 Å². The molecule has 0 spiro atoms. The number of amides is 1. The van der Waals surface area contributed by atoms with Crippen molar-refractivity contribution in [1.29, 1.82) is 0 Å². The summed E-state index contributed by atoms with van der Waals surface area (Å²) in [6.45, 7) is 0. The Kier molecular flexibility index (Phi) is 4.83. The number of rotatable bonds is 4. The van der Waals surface area contributed by atoms with Crippen LogP contribution in [0.15, 0.2) is 41.0 Å². The van der Waals surface area contributed by atoms with Gasteiger partial charge in [0.2, 0.25) is 5.91 Å². The summed E-state index contributed by atoms with van der Waals surface area (Å²) < 4.78 is 0.987. The van der Waals surface area contributed by atoms with Gasteiger partial charge in [-0.2, -0.15) is 0 Å². The molecule has 0 saturated heterocycles. The average Bonchev–Trinajstić information content (AvgIpc) is 2.98. The summed E-state index contributed by atoms with van der Waals surface area (Å²) in [6, 6.07) is 6.86. The predicted octanol–water partition coefficient (Wildman–Crippen LogP) is 4.73. The van der Waals surface area contributed by atoms with Gasteiger partial charge in [0.05, 0.1) is 26.7 Å². The number of hydrogen-bond acceptors (Lipinski definition) is 5. The molecule has 0 saturated carbocycles. The first kappa shape index (κ1) is 15.6. The van der Waals surface area contributed by atoms with E-state index in [1.165, 1.54) is 18.1 Å². The SMILES string of the molecule is O=C(CSc1ncnc2ccsc12)Nc1cc(Cl)ccc1Cl. The maximum absolute atomic E-state index is 12.0. The molecule has 1 amide bonds. The van der Waals surface area contributed by atoms with Crippen LogP contribution in [-0.2, 0) is 4.79 Å². The van der Waals surface area contributed by atoms with Crippen LogP contribution >= 0.6 is 46.3 Å². The third-order valence-electron chi connectivity index (χ3n) is 2.75. The van der Waals surface area contributed by atoms with E-state index in [1.54, 1.807) is 29.5 Å². The van der Waals surface area contributed by atoms with Crippen LogP contribution in [0.4, 0.5) is 5.69 Å². The van der Waals surface area contributed by atoms with Gasteiger partial charge in [-0.05, 0) is 29.6 Å². The molecule has 4 nitrogen and oxygen atoms in total. The third kappa shape index (κ3) is 3.52. The summed E-state index contributed by atoms with van der Waals surface area (Å²) in [5, 5.41) is 6.47. The van der Waals surface area contributed by atoms with Crippen molar-refractivity contribution in [2.75, 3.05) is 11.1 Å². The lowest BCUT2D eigenvalue weighted by Gasteiger charge is -2.07. The fourth-order valence-electron chi connectivity index (χ4n) is 1.78. The van der Waals surface area contributed by atoms with Gasteiger partial charge in [-0.1, -0.05) is 35.0 Å². The number of anilines is 1. The number of halogens is 2. The van der Waals surface area contributed by atoms with Gasteiger partial charge in [-0.3, -0.25) is 4.79 Å². The van der Waals surface area contributed by atoms with E-state index in [0.717, 1.165) is 15.2 Å². The second-order valence-electron chi connectivity index (χ2n) is 4.27. The zero-order valence-corrected chi connectivity index (χ0v) is 14.2. The first-order chi connectivity index (χ1) is 10.6. The van der Waals surface area contributed by atoms with E-state index in [4.69, 9.17) is 23.2 Å². The second kappa shape index (κ2) is 6.83. The number of carbonyl (C=O) groups excluding carboxylic acids is 1. The van der Waals surface area contributed by atoms with Crippen molar-refractivity contribution in [3.8, 4) is 0 Å². The molecule has 0 radical (unpaired) electrons. The predicted molar refractivity (Wildman–Crippen MR) is 93.2 cm³/mol. The van der Waals surface area contributed by atoms with Crippen LogP contribution in [0.5, 0.6) is 0 Å². The first-order valence-corrected chi connectivity index (χ1v) is 8.81. The van der Waals surface area contributed by atoms with Crippen LogP contribution in [0, 0.1) is 0 Å². The minimum absolute atomic E-state index is 0.169. The number of thioether (sulfide) groups is 1. The number of nitrogens with zero attached hydrogens (tertiary/aromatic N) is 2. The summed E-state index contributed by atoms with van der Waals surface area (Å²) in [5.41, 5.74) is 1.39. The molecule has 1 N–H and O–H groups in total. The fourth-order valence-corrected chi connectivity index (χ4v) is 3.87. The second-order valence-corrected chi connectivity index (χ2v) is 7.00. The van der Waals surface area contributed by atoms with Gasteiger partial charge in [0, 0.05) is 5.02 Å². The summed E-state index contributed by atoms with van der Waals surface area (Å²) in [4.78, 5) is 20.4. The van der Waals surface area contributed by atoms with E-state index in [9.17, 15) is 4.79 Å². The molecule has 0 atom stereocenters. The molecule has 1 aromatic carbocycles. The van der Waals surface area contributed by atoms with E-state index < -0.39 is 0 Å². The molecule has 3 aromatic rings. The molecular weight excluding hydrogens is 361 g/mol. The minimum Gasteiger partial charge on any atom is -0.324 e. The number of fused-ring (bicyclic) bond motifs is 1. The van der Waals surface area contributed by atoms with Gasteiger partial charge >= 0.3 is 0 Å². The highest BCUT2D eigenvalue weighted by Crippen LogP contribution is 2.29. The Morgan fingerprint density at radius 2 is 2.14 bits per heavy atom. The normalized spacial score (nSPS) is 10.8. The van der Waals surface area contributed by atoms with Crippen LogP contribution in [0.2, 0.25) is 10.0 Å². The maximum atomic E-state index is 12.0. The molecule has 0 aliphatic heterocycles. The van der Waals surface area contributed by atoms with Crippen molar-refractivity contribution in [3.05, 3.63) is 46.0 Å². The number of thiophene rings is 1. The smallest absolute Gasteiger partial charge is 0.234 e. The molecule has 2 heterocycles. The number of hydrogen-bond donors (Lipinski definition) is 1. The summed E-state index contributed by atoms with van der Waals surface area (Å²) in [7, 11) is 0. The summed E-state index contributed by atoms with van der Waals surface area (Å²) >= 11 is 14.8. The van der Waals surface area contributed by atoms with Crippen LogP contribution in [0.3, 0.4) is 0 Å². The van der Waals surface area contributed by atoms with Crippen molar-refractivity contribution in [3.63, 3.8) is 0 Å². The lowest BCUT2D eigenvalue weighted by atomic mass is 10.3. The first-order valence-electron chi connectivity index (χ1n) is 6.19. The molecule has 22 heavy (non-hydrogen) atoms. The molecule has 0 bridgehead atoms. The molecular formula is C14H9Cl2N3OS2. The maximum Gasteiger partial charge on any atom is 0.234 e. The molecule has 0 aliphatic rings. The van der Waals surface area contributed by atoms with E-state index in [2.05, 4.69) is 15.3 Å². The number of aromatic nitrogens is 2. The van der Waals surface area contributed by atoms with Crippen LogP contribution in [0.25, 0.3) is 10.2 Å². The van der Waals surface area contributed by atoms with E-state index >= 15 is 0 Å². The van der Waals surface area contributed by atoms with Crippen molar-refractivity contribution in [2.45, 2.75) is 5.03 Å². The Morgan fingerprint density at radius 1 is 1.27 bits per heavy atom. The molecule has 0 unspecified atom stereocenters. The van der Waals surface area contributed by atoms with Crippen molar-refractivity contribution in [1.82, 2.24) is 9.97 Å². The molecule has 112 valence electrons. The minimum atomic E-state index is -0.169. The van der Waals surface area contributed by atoms with E-state index in [-0.39, 0.29) is 11.7 Å². The van der Waals surface area contributed by atoms with Crippen molar-refractivity contribution < 1.29 is 4.79 Å². The number of carbonyl (C=O) groups is 1. The lowest BCUT2D eigenvalue weighted by molar-refractivity contribution is -0.113. The Balaban J connectivity index is 1.67. The average molecular weight is 370 g/mol. The zero-order valence-electron chi connectivity index (χ0n) is 11.0. The van der Waals surface area contributed by atoms with E-state index in [0.29, 0.717) is 15.7 Å². The number of nitrogens with one attached hydrogen (secondary N) is 1. The topological polar surface area (TPSA) is 54.9 Å². The Bertz CT molecular complexity index is 838. The molecule has 0 aliphatic carbocycles. The number of benzene rings is 1. The van der Waals surface area contributed by atoms with Gasteiger partial charge in [0.15, 0.2) is 0 Å². The molecule has 0 fully saturated rings. The van der Waals surface area contributed by atoms with Gasteiger partial charge < -0.3 is 5.32 Å². The highest BCUT2D eigenvalue weighted by Gasteiger charge is 2.10. The standard InChI is InChI=1S/C14H9Cl2N3OS2/c15-8-1-2-9(16)11(5-8)19-12(20)6-22-14-13-10(3-4-21-13)17-7-18-14/h1-5,7H,6H2,(H,19,20). The van der Waals surface area contributed by atoms with Crippen LogP contribution in [0.1, 0.15) is 0 Å². The Labute approximate surface area is 144 Å². The third-order valence-corrected chi connectivity index (χ3v) is 5.35. The van der Waals surface area contributed by atoms with Gasteiger partial charge in [0.25, 0.3) is 0 Å². The lowest BCUT2D eigenvalue weighted by Crippen LogP contribution is -2.14. The molecule has 8 heteroatoms. The Morgan fingerprint density at radius 3 is 3.00 bits per heavy atom. The van der Waals surface area contributed by atoms with Crippen LogP contribution < -0.4 is 5.32 Å².